The molecule has 136 valence electrons. The molecule has 3 aliphatic rings. The Morgan fingerprint density at radius 2 is 1.96 bits per heavy atom. The van der Waals surface area contributed by atoms with Crippen molar-refractivity contribution in [1.82, 2.24) is 10.2 Å². The Bertz CT molecular complexity index is 773. The molecule has 0 bridgehead atoms. The number of nitriles is 1. The summed E-state index contributed by atoms with van der Waals surface area (Å²) < 4.78 is 5.30. The Balaban J connectivity index is 1.46. The largest absolute Gasteiger partial charge is 0.442 e. The number of ether oxygens (including phenoxy) is 1. The van der Waals surface area contributed by atoms with Crippen molar-refractivity contribution in [2.75, 3.05) is 38.1 Å². The number of rotatable bonds is 4. The van der Waals surface area contributed by atoms with Gasteiger partial charge in [0, 0.05) is 37.5 Å². The van der Waals surface area contributed by atoms with Crippen LogP contribution in [0.5, 0.6) is 0 Å². The van der Waals surface area contributed by atoms with E-state index in [2.05, 4.69) is 23.3 Å². The number of cyclic esters (lactones) is 1. The van der Waals surface area contributed by atoms with E-state index in [1.54, 1.807) is 4.90 Å². The highest BCUT2D eigenvalue weighted by Gasteiger charge is 2.69. The van der Waals surface area contributed by atoms with Crippen molar-refractivity contribution < 1.29 is 14.3 Å². The van der Waals surface area contributed by atoms with E-state index in [1.165, 1.54) is 6.92 Å². The second-order valence-corrected chi connectivity index (χ2v) is 7.52. The molecule has 1 aliphatic carbocycles. The highest BCUT2D eigenvalue weighted by molar-refractivity contribution is 5.89. The quantitative estimate of drug-likeness (QED) is 0.875. The lowest BCUT2D eigenvalue weighted by atomic mass is 9.91. The molecule has 2 heterocycles. The van der Waals surface area contributed by atoms with E-state index in [-0.39, 0.29) is 17.4 Å². The summed E-state index contributed by atoms with van der Waals surface area (Å²) in [5, 5.41) is 12.4. The monoisotopic (exact) mass is 354 g/mol. The van der Waals surface area contributed by atoms with Crippen LogP contribution in [-0.4, -0.2) is 56.2 Å². The van der Waals surface area contributed by atoms with Crippen molar-refractivity contribution in [3.8, 4) is 6.07 Å². The summed E-state index contributed by atoms with van der Waals surface area (Å²) in [5.41, 5.74) is 1.42. The average molecular weight is 354 g/mol. The topological polar surface area (TPSA) is 85.7 Å². The van der Waals surface area contributed by atoms with Gasteiger partial charge in [-0.3, -0.25) is 9.69 Å². The molecule has 3 atom stereocenters. The van der Waals surface area contributed by atoms with Gasteiger partial charge in [0.25, 0.3) is 0 Å². The Labute approximate surface area is 152 Å². The molecule has 7 nitrogen and oxygen atoms in total. The zero-order chi connectivity index (χ0) is 18.5. The summed E-state index contributed by atoms with van der Waals surface area (Å²) in [5.74, 6) is 0.663. The maximum absolute atomic E-state index is 12.1. The lowest BCUT2D eigenvalue weighted by Gasteiger charge is -2.20. The lowest BCUT2D eigenvalue weighted by molar-refractivity contribution is -0.119. The number of likely N-dealkylation sites (tertiary alicyclic amines) is 1. The standard InChI is InChI=1S/C19H22N4O3/c1-12(24)21-7-15-8-23(18(25)26-15)14-5-3-13(4-6-14)19(11-20)16-9-22(2)10-17(16)19/h3-6,15-17H,7-10H2,1-2H3,(H,21,24)/t15-,16?,17?,19?/m0/s1. The second kappa shape index (κ2) is 5.99. The maximum atomic E-state index is 12.1. The van der Waals surface area contributed by atoms with Gasteiger partial charge in [0.15, 0.2) is 0 Å². The molecule has 1 N–H and O–H groups in total. The predicted molar refractivity (Wildman–Crippen MR) is 94.5 cm³/mol. The molecule has 2 aliphatic heterocycles. The number of benzene rings is 1. The Hall–Kier alpha value is -2.59. The third-order valence-electron chi connectivity index (χ3n) is 5.86. The highest BCUT2D eigenvalue weighted by Crippen LogP contribution is 2.63. The molecule has 0 aromatic heterocycles. The van der Waals surface area contributed by atoms with Crippen molar-refractivity contribution in [3.63, 3.8) is 0 Å². The average Bonchev–Trinajstić information content (AvgIpc) is 2.90. The molecule has 2 amide bonds. The minimum absolute atomic E-state index is 0.147. The van der Waals surface area contributed by atoms with Crippen molar-refractivity contribution in [3.05, 3.63) is 29.8 Å². The summed E-state index contributed by atoms with van der Waals surface area (Å²) >= 11 is 0. The first kappa shape index (κ1) is 16.9. The third kappa shape index (κ3) is 2.53. The van der Waals surface area contributed by atoms with Crippen molar-refractivity contribution in [2.45, 2.75) is 18.4 Å². The van der Waals surface area contributed by atoms with E-state index in [1.807, 2.05) is 24.3 Å². The number of carbonyl (C=O) groups excluding carboxylic acids is 2. The molecular formula is C19H22N4O3. The summed E-state index contributed by atoms with van der Waals surface area (Å²) in [7, 11) is 2.09. The van der Waals surface area contributed by atoms with Gasteiger partial charge in [-0.1, -0.05) is 12.1 Å². The van der Waals surface area contributed by atoms with E-state index >= 15 is 0 Å². The van der Waals surface area contributed by atoms with Gasteiger partial charge in [-0.15, -0.1) is 0 Å². The van der Waals surface area contributed by atoms with E-state index in [4.69, 9.17) is 4.74 Å². The molecule has 4 rings (SSSR count). The van der Waals surface area contributed by atoms with Gasteiger partial charge >= 0.3 is 6.09 Å². The summed E-state index contributed by atoms with van der Waals surface area (Å²) in [6.45, 7) is 4.07. The van der Waals surface area contributed by atoms with Gasteiger partial charge < -0.3 is 15.0 Å². The van der Waals surface area contributed by atoms with E-state index in [9.17, 15) is 14.9 Å². The summed E-state index contributed by atoms with van der Waals surface area (Å²) in [4.78, 5) is 27.0. The number of amides is 2. The number of anilines is 1. The zero-order valence-electron chi connectivity index (χ0n) is 14.9. The van der Waals surface area contributed by atoms with E-state index in [0.29, 0.717) is 24.9 Å². The molecule has 26 heavy (non-hydrogen) atoms. The first-order valence-corrected chi connectivity index (χ1v) is 8.88. The molecule has 2 unspecified atom stereocenters. The molecule has 0 radical (unpaired) electrons. The third-order valence-corrected chi connectivity index (χ3v) is 5.86. The zero-order valence-corrected chi connectivity index (χ0v) is 14.9. The number of nitrogens with zero attached hydrogens (tertiary/aromatic N) is 3. The van der Waals surface area contributed by atoms with Crippen molar-refractivity contribution in [2.24, 2.45) is 11.8 Å². The van der Waals surface area contributed by atoms with Crippen LogP contribution >= 0.6 is 0 Å². The van der Waals surface area contributed by atoms with Gasteiger partial charge in [-0.25, -0.2) is 4.79 Å². The van der Waals surface area contributed by atoms with Gasteiger partial charge in [-0.2, -0.15) is 5.26 Å². The number of hydrogen-bond acceptors (Lipinski definition) is 5. The Morgan fingerprint density at radius 3 is 2.54 bits per heavy atom. The van der Waals surface area contributed by atoms with Crippen LogP contribution in [0, 0.1) is 23.2 Å². The minimum Gasteiger partial charge on any atom is -0.442 e. The van der Waals surface area contributed by atoms with Gasteiger partial charge in [0.05, 0.1) is 24.6 Å². The number of carbonyl (C=O) groups is 2. The lowest BCUT2D eigenvalue weighted by Crippen LogP contribution is -2.33. The molecule has 7 heteroatoms. The van der Waals surface area contributed by atoms with Crippen LogP contribution < -0.4 is 10.2 Å². The van der Waals surface area contributed by atoms with Crippen LogP contribution in [0.2, 0.25) is 0 Å². The first-order valence-electron chi connectivity index (χ1n) is 8.88. The number of hydrogen-bond donors (Lipinski definition) is 1. The fourth-order valence-electron chi connectivity index (χ4n) is 4.50. The molecule has 2 saturated heterocycles. The molecule has 1 saturated carbocycles. The van der Waals surface area contributed by atoms with Crippen LogP contribution in [0.4, 0.5) is 10.5 Å². The van der Waals surface area contributed by atoms with Crippen LogP contribution in [0.15, 0.2) is 24.3 Å². The fraction of sp³-hybridized carbons (Fsp3) is 0.526. The van der Waals surface area contributed by atoms with Gasteiger partial charge in [0.2, 0.25) is 5.91 Å². The van der Waals surface area contributed by atoms with Crippen LogP contribution in [0.3, 0.4) is 0 Å². The van der Waals surface area contributed by atoms with E-state index in [0.717, 1.165) is 24.3 Å². The second-order valence-electron chi connectivity index (χ2n) is 7.52. The van der Waals surface area contributed by atoms with Crippen LogP contribution in [0.1, 0.15) is 12.5 Å². The minimum atomic E-state index is -0.409. The molecule has 0 spiro atoms. The predicted octanol–water partition coefficient (Wildman–Crippen LogP) is 1.10. The smallest absolute Gasteiger partial charge is 0.414 e. The van der Waals surface area contributed by atoms with Crippen LogP contribution in [-0.2, 0) is 14.9 Å². The van der Waals surface area contributed by atoms with E-state index < -0.39 is 6.09 Å². The molecule has 1 aromatic rings. The number of fused-ring (bicyclic) bond motifs is 1. The first-order chi connectivity index (χ1) is 12.5. The SMILES string of the molecule is CC(=O)NC[C@H]1CN(c2ccc(C3(C#N)C4CN(C)CC43)cc2)C(=O)O1. The number of nitrogens with one attached hydrogen (secondary N) is 1. The van der Waals surface area contributed by atoms with Crippen LogP contribution in [0.25, 0.3) is 0 Å². The van der Waals surface area contributed by atoms with Gasteiger partial charge in [-0.05, 0) is 24.7 Å². The highest BCUT2D eigenvalue weighted by atomic mass is 16.6. The maximum Gasteiger partial charge on any atom is 0.414 e. The number of piperidine rings is 1. The fourth-order valence-corrected chi connectivity index (χ4v) is 4.50. The normalized spacial score (nSPS) is 32.7. The van der Waals surface area contributed by atoms with Crippen molar-refractivity contribution >= 4 is 17.7 Å². The molecular weight excluding hydrogens is 332 g/mol. The molecule has 1 aromatic carbocycles. The summed E-state index contributed by atoms with van der Waals surface area (Å²) in [6.07, 6.45) is -0.761. The Morgan fingerprint density at radius 1 is 1.31 bits per heavy atom. The summed E-state index contributed by atoms with van der Waals surface area (Å²) in [6, 6.07) is 10.2. The molecule has 3 fully saturated rings. The van der Waals surface area contributed by atoms with Gasteiger partial charge in [0.1, 0.15) is 6.10 Å². The Kier molecular flexibility index (Phi) is 3.88. The van der Waals surface area contributed by atoms with Crippen molar-refractivity contribution in [1.29, 1.82) is 5.26 Å².